The smallest absolute Gasteiger partial charge is 0.119 e. The molecule has 94 valence electrons. The van der Waals surface area contributed by atoms with E-state index in [1.165, 1.54) is 0 Å². The van der Waals surface area contributed by atoms with Crippen LogP contribution in [0.2, 0.25) is 0 Å². The lowest BCUT2D eigenvalue weighted by Gasteiger charge is -2.23. The number of benzene rings is 1. The van der Waals surface area contributed by atoms with Crippen molar-refractivity contribution < 1.29 is 9.47 Å². The molecule has 1 aromatic rings. The molecule has 1 fully saturated rings. The summed E-state index contributed by atoms with van der Waals surface area (Å²) >= 11 is 0. The lowest BCUT2D eigenvalue weighted by atomic mass is 10.1. The summed E-state index contributed by atoms with van der Waals surface area (Å²) < 4.78 is 11.5. The van der Waals surface area contributed by atoms with E-state index in [2.05, 4.69) is 12.2 Å². The first-order valence-corrected chi connectivity index (χ1v) is 6.48. The maximum Gasteiger partial charge on any atom is 0.119 e. The second-order valence-corrected chi connectivity index (χ2v) is 4.39. The topological polar surface area (TPSA) is 30.5 Å². The Balaban J connectivity index is 1.84. The SMILES string of the molecule is CCCOc1ccc(OC2CCNCC2)cc1. The Hall–Kier alpha value is -1.22. The van der Waals surface area contributed by atoms with Crippen LogP contribution in [0, 0.1) is 0 Å². The van der Waals surface area contributed by atoms with Crippen molar-refractivity contribution in [3.05, 3.63) is 24.3 Å². The van der Waals surface area contributed by atoms with E-state index >= 15 is 0 Å². The van der Waals surface area contributed by atoms with Gasteiger partial charge in [-0.2, -0.15) is 0 Å². The van der Waals surface area contributed by atoms with Crippen LogP contribution in [0.15, 0.2) is 24.3 Å². The van der Waals surface area contributed by atoms with Crippen molar-refractivity contribution in [3.63, 3.8) is 0 Å². The molecule has 0 spiro atoms. The summed E-state index contributed by atoms with van der Waals surface area (Å²) in [7, 11) is 0. The highest BCUT2D eigenvalue weighted by Gasteiger charge is 2.14. The third kappa shape index (κ3) is 3.93. The van der Waals surface area contributed by atoms with Gasteiger partial charge in [0.2, 0.25) is 0 Å². The summed E-state index contributed by atoms with van der Waals surface area (Å²) in [4.78, 5) is 0. The molecule has 3 heteroatoms. The van der Waals surface area contributed by atoms with E-state index in [4.69, 9.17) is 9.47 Å². The quantitative estimate of drug-likeness (QED) is 0.851. The molecule has 1 heterocycles. The Kier molecular flexibility index (Phi) is 4.68. The van der Waals surface area contributed by atoms with Gasteiger partial charge in [0.1, 0.15) is 17.6 Å². The minimum absolute atomic E-state index is 0.360. The molecule has 0 amide bonds. The number of rotatable bonds is 5. The second-order valence-electron chi connectivity index (χ2n) is 4.39. The molecule has 1 aliphatic rings. The number of hydrogen-bond donors (Lipinski definition) is 1. The van der Waals surface area contributed by atoms with Gasteiger partial charge in [-0.1, -0.05) is 6.92 Å². The predicted molar refractivity (Wildman–Crippen MR) is 68.7 cm³/mol. The van der Waals surface area contributed by atoms with E-state index in [0.29, 0.717) is 6.10 Å². The highest BCUT2D eigenvalue weighted by atomic mass is 16.5. The zero-order valence-corrected chi connectivity index (χ0v) is 10.4. The van der Waals surface area contributed by atoms with Crippen LogP contribution in [0.5, 0.6) is 11.5 Å². The molecular weight excluding hydrogens is 214 g/mol. The molecule has 0 atom stereocenters. The van der Waals surface area contributed by atoms with Crippen LogP contribution in [0.1, 0.15) is 26.2 Å². The van der Waals surface area contributed by atoms with Crippen molar-refractivity contribution in [3.8, 4) is 11.5 Å². The van der Waals surface area contributed by atoms with Crippen LogP contribution in [-0.2, 0) is 0 Å². The lowest BCUT2D eigenvalue weighted by molar-refractivity contribution is 0.162. The Morgan fingerprint density at radius 1 is 1.12 bits per heavy atom. The average molecular weight is 235 g/mol. The van der Waals surface area contributed by atoms with E-state index in [-0.39, 0.29) is 0 Å². The number of nitrogens with one attached hydrogen (secondary N) is 1. The Bertz CT molecular complexity index is 317. The maximum atomic E-state index is 5.92. The van der Waals surface area contributed by atoms with E-state index in [1.54, 1.807) is 0 Å². The summed E-state index contributed by atoms with van der Waals surface area (Å²) in [6, 6.07) is 7.94. The fourth-order valence-electron chi connectivity index (χ4n) is 1.94. The zero-order chi connectivity index (χ0) is 11.9. The van der Waals surface area contributed by atoms with Crippen LogP contribution in [0.4, 0.5) is 0 Å². The summed E-state index contributed by atoms with van der Waals surface area (Å²) in [5.41, 5.74) is 0. The predicted octanol–water partition coefficient (Wildman–Crippen LogP) is 2.61. The molecule has 1 aromatic carbocycles. The fraction of sp³-hybridized carbons (Fsp3) is 0.571. The van der Waals surface area contributed by atoms with Crippen molar-refractivity contribution >= 4 is 0 Å². The van der Waals surface area contributed by atoms with Gasteiger partial charge >= 0.3 is 0 Å². The van der Waals surface area contributed by atoms with Gasteiger partial charge in [0.25, 0.3) is 0 Å². The third-order valence-electron chi connectivity index (χ3n) is 2.89. The van der Waals surface area contributed by atoms with E-state index < -0.39 is 0 Å². The molecule has 2 rings (SSSR count). The molecule has 0 aromatic heterocycles. The minimum Gasteiger partial charge on any atom is -0.494 e. The Morgan fingerprint density at radius 3 is 2.41 bits per heavy atom. The second kappa shape index (κ2) is 6.50. The Labute approximate surface area is 103 Å². The standard InChI is InChI=1S/C14H21NO2/c1-2-11-16-12-3-5-13(6-4-12)17-14-7-9-15-10-8-14/h3-6,14-15H,2,7-11H2,1H3. The largest absolute Gasteiger partial charge is 0.494 e. The average Bonchev–Trinajstić information content (AvgIpc) is 2.39. The van der Waals surface area contributed by atoms with Crippen LogP contribution >= 0.6 is 0 Å². The van der Waals surface area contributed by atoms with Gasteiger partial charge < -0.3 is 14.8 Å². The first-order chi connectivity index (χ1) is 8.38. The molecule has 1 aliphatic heterocycles. The van der Waals surface area contributed by atoms with Crippen molar-refractivity contribution in [1.29, 1.82) is 0 Å². The summed E-state index contributed by atoms with van der Waals surface area (Å²) in [5, 5.41) is 3.33. The van der Waals surface area contributed by atoms with Crippen LogP contribution in [0.3, 0.4) is 0 Å². The normalized spacial score (nSPS) is 16.8. The lowest BCUT2D eigenvalue weighted by Crippen LogP contribution is -2.34. The van der Waals surface area contributed by atoms with Crippen molar-refractivity contribution in [1.82, 2.24) is 5.32 Å². The monoisotopic (exact) mass is 235 g/mol. The van der Waals surface area contributed by atoms with Crippen molar-refractivity contribution in [2.24, 2.45) is 0 Å². The van der Waals surface area contributed by atoms with E-state index in [1.807, 2.05) is 24.3 Å². The van der Waals surface area contributed by atoms with Crippen molar-refractivity contribution in [2.45, 2.75) is 32.3 Å². The van der Waals surface area contributed by atoms with Gasteiger partial charge in [0, 0.05) is 0 Å². The minimum atomic E-state index is 0.360. The molecule has 0 unspecified atom stereocenters. The summed E-state index contributed by atoms with van der Waals surface area (Å²) in [6.07, 6.45) is 3.58. The molecule has 0 saturated carbocycles. The number of hydrogen-bond acceptors (Lipinski definition) is 3. The Morgan fingerprint density at radius 2 is 1.76 bits per heavy atom. The van der Waals surface area contributed by atoms with Gasteiger partial charge in [0.15, 0.2) is 0 Å². The molecule has 0 radical (unpaired) electrons. The first kappa shape index (κ1) is 12.2. The van der Waals surface area contributed by atoms with Gasteiger partial charge in [0.05, 0.1) is 6.61 Å². The zero-order valence-electron chi connectivity index (χ0n) is 10.4. The third-order valence-corrected chi connectivity index (χ3v) is 2.89. The van der Waals surface area contributed by atoms with Gasteiger partial charge in [-0.25, -0.2) is 0 Å². The van der Waals surface area contributed by atoms with Gasteiger partial charge in [-0.05, 0) is 56.6 Å². The number of piperidine rings is 1. The number of ether oxygens (including phenoxy) is 2. The highest BCUT2D eigenvalue weighted by molar-refractivity contribution is 5.31. The molecule has 17 heavy (non-hydrogen) atoms. The maximum absolute atomic E-state index is 5.92. The molecular formula is C14H21NO2. The highest BCUT2D eigenvalue weighted by Crippen LogP contribution is 2.20. The molecule has 3 nitrogen and oxygen atoms in total. The van der Waals surface area contributed by atoms with Crippen molar-refractivity contribution in [2.75, 3.05) is 19.7 Å². The van der Waals surface area contributed by atoms with E-state index in [0.717, 1.165) is 50.5 Å². The van der Waals surface area contributed by atoms with Crippen LogP contribution < -0.4 is 14.8 Å². The van der Waals surface area contributed by atoms with Gasteiger partial charge in [-0.15, -0.1) is 0 Å². The fourth-order valence-corrected chi connectivity index (χ4v) is 1.94. The first-order valence-electron chi connectivity index (χ1n) is 6.48. The van der Waals surface area contributed by atoms with Crippen LogP contribution in [-0.4, -0.2) is 25.8 Å². The van der Waals surface area contributed by atoms with Crippen LogP contribution in [0.25, 0.3) is 0 Å². The summed E-state index contributed by atoms with van der Waals surface area (Å²) in [6.45, 7) is 4.99. The van der Waals surface area contributed by atoms with E-state index in [9.17, 15) is 0 Å². The van der Waals surface area contributed by atoms with Gasteiger partial charge in [-0.3, -0.25) is 0 Å². The molecule has 0 bridgehead atoms. The molecule has 1 saturated heterocycles. The summed E-state index contributed by atoms with van der Waals surface area (Å²) in [5.74, 6) is 1.87. The molecule has 0 aliphatic carbocycles. The molecule has 1 N–H and O–H groups in total.